The molecule has 0 radical (unpaired) electrons. The molecule has 1 fully saturated rings. The van der Waals surface area contributed by atoms with Gasteiger partial charge in [0, 0.05) is 12.6 Å². The van der Waals surface area contributed by atoms with Crippen LogP contribution in [-0.2, 0) is 9.53 Å². The molecule has 6 nitrogen and oxygen atoms in total. The number of likely N-dealkylation sites (N-methyl/N-ethyl adjacent to an activating group) is 1. The fraction of sp³-hybridized carbons (Fsp3) is 0.150. The maximum absolute atomic E-state index is 12.5. The van der Waals surface area contributed by atoms with Crippen molar-refractivity contribution in [2.24, 2.45) is 4.99 Å². The maximum atomic E-state index is 12.5. The van der Waals surface area contributed by atoms with Crippen molar-refractivity contribution in [3.8, 4) is 5.75 Å². The third-order valence-electron chi connectivity index (χ3n) is 3.83. The van der Waals surface area contributed by atoms with Gasteiger partial charge in [0.2, 0.25) is 0 Å². The molecule has 0 spiro atoms. The van der Waals surface area contributed by atoms with E-state index >= 15 is 0 Å². The van der Waals surface area contributed by atoms with E-state index in [2.05, 4.69) is 4.99 Å². The van der Waals surface area contributed by atoms with Gasteiger partial charge in [-0.2, -0.15) is 0 Å². The summed E-state index contributed by atoms with van der Waals surface area (Å²) in [5, 5.41) is 10.4. The van der Waals surface area contributed by atoms with Crippen LogP contribution in [0.2, 0.25) is 0 Å². The molecule has 138 valence electrons. The predicted molar refractivity (Wildman–Crippen MR) is 106 cm³/mol. The number of carbonyl (C=O) groups excluding carboxylic acids is 2. The van der Waals surface area contributed by atoms with E-state index < -0.39 is 0 Å². The molecule has 0 bridgehead atoms. The van der Waals surface area contributed by atoms with Crippen LogP contribution in [-0.4, -0.2) is 40.7 Å². The molecule has 0 aromatic heterocycles. The highest BCUT2D eigenvalue weighted by molar-refractivity contribution is 8.18. The number of esters is 1. The molecule has 1 aliphatic heterocycles. The highest BCUT2D eigenvalue weighted by Crippen LogP contribution is 2.34. The van der Waals surface area contributed by atoms with Crippen LogP contribution in [0.15, 0.2) is 58.4 Å². The molecule has 2 aromatic rings. The second-order valence-electron chi connectivity index (χ2n) is 5.70. The Hall–Kier alpha value is -3.06. The Labute approximate surface area is 161 Å². The SMILES string of the molecule is CCOC(=O)c1ccc(N=C2SC(=Cc3ccccc3O)C(=O)N2C)cc1. The largest absolute Gasteiger partial charge is 0.507 e. The van der Waals surface area contributed by atoms with Crippen LogP contribution in [0, 0.1) is 0 Å². The molecule has 3 rings (SSSR count). The van der Waals surface area contributed by atoms with E-state index in [1.54, 1.807) is 68.6 Å². The Morgan fingerprint density at radius 2 is 1.93 bits per heavy atom. The van der Waals surface area contributed by atoms with Gasteiger partial charge < -0.3 is 9.84 Å². The Morgan fingerprint density at radius 3 is 2.59 bits per heavy atom. The van der Waals surface area contributed by atoms with Crippen molar-refractivity contribution in [2.45, 2.75) is 6.92 Å². The van der Waals surface area contributed by atoms with Crippen LogP contribution in [0.3, 0.4) is 0 Å². The molecule has 0 saturated carbocycles. The van der Waals surface area contributed by atoms with Gasteiger partial charge in [0.05, 0.1) is 22.8 Å². The summed E-state index contributed by atoms with van der Waals surface area (Å²) < 4.78 is 4.95. The average Bonchev–Trinajstić information content (AvgIpc) is 2.92. The summed E-state index contributed by atoms with van der Waals surface area (Å²) in [5.74, 6) is -0.460. The summed E-state index contributed by atoms with van der Waals surface area (Å²) >= 11 is 1.23. The molecule has 1 amide bonds. The van der Waals surface area contributed by atoms with E-state index in [9.17, 15) is 14.7 Å². The van der Waals surface area contributed by atoms with Crippen LogP contribution in [0.4, 0.5) is 5.69 Å². The molecule has 7 heteroatoms. The average molecular weight is 382 g/mol. The summed E-state index contributed by atoms with van der Waals surface area (Å²) in [6, 6.07) is 13.5. The van der Waals surface area contributed by atoms with Crippen LogP contribution in [0.25, 0.3) is 6.08 Å². The van der Waals surface area contributed by atoms with Gasteiger partial charge in [0.1, 0.15) is 5.75 Å². The summed E-state index contributed by atoms with van der Waals surface area (Å²) in [5.41, 5.74) is 1.64. The number of nitrogens with zero attached hydrogens (tertiary/aromatic N) is 2. The Morgan fingerprint density at radius 1 is 1.22 bits per heavy atom. The van der Waals surface area contributed by atoms with E-state index in [4.69, 9.17) is 4.74 Å². The van der Waals surface area contributed by atoms with Crippen molar-refractivity contribution in [3.63, 3.8) is 0 Å². The Bertz CT molecular complexity index is 935. The second-order valence-corrected chi connectivity index (χ2v) is 6.70. The zero-order chi connectivity index (χ0) is 19.4. The lowest BCUT2D eigenvalue weighted by atomic mass is 10.2. The Balaban J connectivity index is 1.82. The van der Waals surface area contributed by atoms with Crippen molar-refractivity contribution >= 4 is 40.6 Å². The van der Waals surface area contributed by atoms with Crippen molar-refractivity contribution < 1.29 is 19.4 Å². The number of aliphatic imine (C=N–C) groups is 1. The van der Waals surface area contributed by atoms with Gasteiger partial charge in [0.25, 0.3) is 5.91 Å². The number of ether oxygens (including phenoxy) is 1. The summed E-state index contributed by atoms with van der Waals surface area (Å²) in [7, 11) is 1.65. The number of rotatable bonds is 4. The topological polar surface area (TPSA) is 79.2 Å². The molecule has 0 atom stereocenters. The fourth-order valence-corrected chi connectivity index (χ4v) is 3.38. The number of hydrogen-bond acceptors (Lipinski definition) is 6. The minimum atomic E-state index is -0.382. The van der Waals surface area contributed by atoms with Gasteiger partial charge in [-0.15, -0.1) is 0 Å². The number of amides is 1. The van der Waals surface area contributed by atoms with Crippen LogP contribution >= 0.6 is 11.8 Å². The number of benzene rings is 2. The molecule has 1 N–H and O–H groups in total. The van der Waals surface area contributed by atoms with Gasteiger partial charge in [-0.25, -0.2) is 9.79 Å². The van der Waals surface area contributed by atoms with Crippen molar-refractivity contribution in [1.29, 1.82) is 0 Å². The first-order chi connectivity index (χ1) is 13.0. The first kappa shape index (κ1) is 18.7. The molecule has 27 heavy (non-hydrogen) atoms. The van der Waals surface area contributed by atoms with Crippen molar-refractivity contribution in [3.05, 3.63) is 64.6 Å². The summed E-state index contributed by atoms with van der Waals surface area (Å²) in [6.45, 7) is 2.07. The molecule has 1 heterocycles. The highest BCUT2D eigenvalue weighted by Gasteiger charge is 2.30. The smallest absolute Gasteiger partial charge is 0.338 e. The zero-order valence-electron chi connectivity index (χ0n) is 14.9. The molecular weight excluding hydrogens is 364 g/mol. The maximum Gasteiger partial charge on any atom is 0.338 e. The number of phenols is 1. The van der Waals surface area contributed by atoms with E-state index in [1.807, 2.05) is 0 Å². The molecule has 2 aromatic carbocycles. The number of aromatic hydroxyl groups is 1. The number of phenolic OH excluding ortho intramolecular Hbond substituents is 1. The third kappa shape index (κ3) is 4.20. The van der Waals surface area contributed by atoms with Crippen molar-refractivity contribution in [1.82, 2.24) is 4.90 Å². The van der Waals surface area contributed by atoms with Crippen LogP contribution in [0.1, 0.15) is 22.8 Å². The molecular formula is C20H18N2O4S. The monoisotopic (exact) mass is 382 g/mol. The number of thioether (sulfide) groups is 1. The zero-order valence-corrected chi connectivity index (χ0v) is 15.7. The van der Waals surface area contributed by atoms with Gasteiger partial charge in [0.15, 0.2) is 5.17 Å². The first-order valence-electron chi connectivity index (χ1n) is 8.31. The second kappa shape index (κ2) is 8.09. The normalized spacial score (nSPS) is 17.0. The standard InChI is InChI=1S/C20H18N2O4S/c1-3-26-19(25)13-8-10-15(11-9-13)21-20-22(2)18(24)17(27-20)12-14-6-4-5-7-16(14)23/h4-12,23H,3H2,1-2H3. The van der Waals surface area contributed by atoms with Gasteiger partial charge in [-0.3, -0.25) is 9.69 Å². The summed E-state index contributed by atoms with van der Waals surface area (Å²) in [6.07, 6.45) is 1.64. The van der Waals surface area contributed by atoms with Gasteiger partial charge in [-0.05, 0) is 55.1 Å². The molecule has 0 unspecified atom stereocenters. The van der Waals surface area contributed by atoms with Crippen molar-refractivity contribution in [2.75, 3.05) is 13.7 Å². The number of hydrogen-bond donors (Lipinski definition) is 1. The fourth-order valence-electron chi connectivity index (χ4n) is 2.40. The van der Waals surface area contributed by atoms with E-state index in [0.717, 1.165) is 0 Å². The number of para-hydroxylation sites is 1. The van der Waals surface area contributed by atoms with E-state index in [1.165, 1.54) is 16.7 Å². The van der Waals surface area contributed by atoms with Crippen LogP contribution < -0.4 is 0 Å². The minimum Gasteiger partial charge on any atom is -0.507 e. The number of amidine groups is 1. The molecule has 1 aliphatic rings. The van der Waals surface area contributed by atoms with Gasteiger partial charge >= 0.3 is 5.97 Å². The predicted octanol–water partition coefficient (Wildman–Crippen LogP) is 3.80. The highest BCUT2D eigenvalue weighted by atomic mass is 32.2. The first-order valence-corrected chi connectivity index (χ1v) is 9.12. The lowest BCUT2D eigenvalue weighted by molar-refractivity contribution is -0.121. The lowest BCUT2D eigenvalue weighted by Gasteiger charge is -2.07. The van der Waals surface area contributed by atoms with E-state index in [-0.39, 0.29) is 17.6 Å². The number of carbonyl (C=O) groups is 2. The minimum absolute atomic E-state index is 0.112. The summed E-state index contributed by atoms with van der Waals surface area (Å²) in [4.78, 5) is 30.6. The molecule has 1 saturated heterocycles. The third-order valence-corrected chi connectivity index (χ3v) is 4.89. The quantitative estimate of drug-likeness (QED) is 0.643. The van der Waals surface area contributed by atoms with E-state index in [0.29, 0.717) is 33.5 Å². The lowest BCUT2D eigenvalue weighted by Crippen LogP contribution is -2.23. The Kier molecular flexibility index (Phi) is 5.61. The van der Waals surface area contributed by atoms with Crippen LogP contribution in [0.5, 0.6) is 5.75 Å². The molecule has 0 aliphatic carbocycles. The van der Waals surface area contributed by atoms with Gasteiger partial charge in [-0.1, -0.05) is 18.2 Å².